The number of nitrogens with zero attached hydrogens (tertiary/aromatic N) is 2. The monoisotopic (exact) mass is 265 g/mol. The number of ether oxygens (including phenoxy) is 1. The third-order valence-corrected chi connectivity index (χ3v) is 3.62. The van der Waals surface area contributed by atoms with Crippen LogP contribution in [0.25, 0.3) is 0 Å². The predicted molar refractivity (Wildman–Crippen MR) is 72.4 cm³/mol. The fraction of sp³-hybridized carbons (Fsp3) is 0.615. The maximum Gasteiger partial charge on any atom is 0.311 e. The van der Waals surface area contributed by atoms with E-state index < -0.39 is 4.92 Å². The van der Waals surface area contributed by atoms with Crippen LogP contribution >= 0.6 is 0 Å². The summed E-state index contributed by atoms with van der Waals surface area (Å²) in [6, 6.07) is 2.92. The van der Waals surface area contributed by atoms with Crippen LogP contribution in [0, 0.1) is 22.0 Å². The van der Waals surface area contributed by atoms with E-state index in [1.807, 2.05) is 0 Å². The summed E-state index contributed by atoms with van der Waals surface area (Å²) >= 11 is 0. The fourth-order valence-corrected chi connectivity index (χ4v) is 2.58. The molecule has 0 spiro atoms. The first-order valence-electron chi connectivity index (χ1n) is 6.53. The Kier molecular flexibility index (Phi) is 4.19. The van der Waals surface area contributed by atoms with Crippen LogP contribution in [0.4, 0.5) is 11.5 Å². The second-order valence-corrected chi connectivity index (χ2v) is 5.14. The van der Waals surface area contributed by atoms with Crippen molar-refractivity contribution in [3.63, 3.8) is 0 Å². The molecule has 2 rings (SSSR count). The van der Waals surface area contributed by atoms with Crippen LogP contribution in [0.3, 0.4) is 0 Å². The summed E-state index contributed by atoms with van der Waals surface area (Å²) < 4.78 is 5.00. The Balaban J connectivity index is 2.06. The molecule has 0 radical (unpaired) electrons. The Morgan fingerprint density at radius 2 is 2.32 bits per heavy atom. The van der Waals surface area contributed by atoms with Gasteiger partial charge in [0.1, 0.15) is 0 Å². The van der Waals surface area contributed by atoms with E-state index in [9.17, 15) is 10.1 Å². The van der Waals surface area contributed by atoms with Crippen molar-refractivity contribution in [3.8, 4) is 5.88 Å². The topological polar surface area (TPSA) is 77.3 Å². The van der Waals surface area contributed by atoms with Gasteiger partial charge in [-0.3, -0.25) is 10.1 Å². The van der Waals surface area contributed by atoms with Crippen LogP contribution in [-0.2, 0) is 0 Å². The Morgan fingerprint density at radius 1 is 1.53 bits per heavy atom. The minimum absolute atomic E-state index is 0.00755. The van der Waals surface area contributed by atoms with Crippen LogP contribution < -0.4 is 10.1 Å². The third kappa shape index (κ3) is 3.33. The Bertz CT molecular complexity index is 464. The third-order valence-electron chi connectivity index (χ3n) is 3.62. The molecule has 2 unspecified atom stereocenters. The van der Waals surface area contributed by atoms with Crippen molar-refractivity contribution in [1.29, 1.82) is 0 Å². The zero-order chi connectivity index (χ0) is 13.8. The standard InChI is InChI=1S/C13H19N3O3/c1-9-3-4-10(7-9)8-14-13-11(16(17)18)5-6-12(15-13)19-2/h5-6,9-10H,3-4,7-8H2,1-2H3,(H,14,15). The van der Waals surface area contributed by atoms with E-state index in [1.54, 1.807) is 0 Å². The number of hydrogen-bond donors (Lipinski definition) is 1. The molecule has 1 aromatic heterocycles. The molecule has 0 saturated heterocycles. The molecule has 6 heteroatoms. The summed E-state index contributed by atoms with van der Waals surface area (Å²) in [6.45, 7) is 2.97. The summed E-state index contributed by atoms with van der Waals surface area (Å²) in [4.78, 5) is 14.6. The molecular formula is C13H19N3O3. The Morgan fingerprint density at radius 3 is 2.89 bits per heavy atom. The highest BCUT2D eigenvalue weighted by Gasteiger charge is 2.23. The SMILES string of the molecule is COc1ccc([N+](=O)[O-])c(NCC2CCC(C)C2)n1. The van der Waals surface area contributed by atoms with E-state index in [1.165, 1.54) is 38.5 Å². The van der Waals surface area contributed by atoms with Gasteiger partial charge in [0.25, 0.3) is 0 Å². The lowest BCUT2D eigenvalue weighted by molar-refractivity contribution is -0.384. The van der Waals surface area contributed by atoms with Gasteiger partial charge in [0.05, 0.1) is 12.0 Å². The number of anilines is 1. The lowest BCUT2D eigenvalue weighted by Gasteiger charge is -2.12. The van der Waals surface area contributed by atoms with E-state index in [-0.39, 0.29) is 5.69 Å². The van der Waals surface area contributed by atoms with Gasteiger partial charge in [0.15, 0.2) is 0 Å². The summed E-state index contributed by atoms with van der Waals surface area (Å²) in [5, 5.41) is 14.1. The summed E-state index contributed by atoms with van der Waals surface area (Å²) in [5.74, 6) is 2.00. The average molecular weight is 265 g/mol. The number of pyridine rings is 1. The van der Waals surface area contributed by atoms with Crippen molar-refractivity contribution in [1.82, 2.24) is 4.98 Å². The number of nitro groups is 1. The Hall–Kier alpha value is -1.85. The van der Waals surface area contributed by atoms with Crippen molar-refractivity contribution in [2.75, 3.05) is 19.0 Å². The lowest BCUT2D eigenvalue weighted by atomic mass is 10.1. The normalized spacial score (nSPS) is 22.2. The van der Waals surface area contributed by atoms with Gasteiger partial charge in [-0.15, -0.1) is 0 Å². The molecule has 0 amide bonds. The van der Waals surface area contributed by atoms with Crippen molar-refractivity contribution in [2.45, 2.75) is 26.2 Å². The first kappa shape index (κ1) is 13.6. The zero-order valence-electron chi connectivity index (χ0n) is 11.3. The first-order chi connectivity index (χ1) is 9.10. The predicted octanol–water partition coefficient (Wildman–Crippen LogP) is 2.85. The molecule has 0 aromatic carbocycles. The molecule has 1 aliphatic carbocycles. The van der Waals surface area contributed by atoms with Gasteiger partial charge in [-0.2, -0.15) is 4.98 Å². The van der Waals surface area contributed by atoms with Gasteiger partial charge >= 0.3 is 5.69 Å². The van der Waals surface area contributed by atoms with Crippen molar-refractivity contribution >= 4 is 11.5 Å². The number of hydrogen-bond acceptors (Lipinski definition) is 5. The van der Waals surface area contributed by atoms with E-state index in [4.69, 9.17) is 4.74 Å². The van der Waals surface area contributed by atoms with Crippen LogP contribution in [0.15, 0.2) is 12.1 Å². The summed E-state index contributed by atoms with van der Waals surface area (Å²) in [5.41, 5.74) is -0.00755. The summed E-state index contributed by atoms with van der Waals surface area (Å²) in [6.07, 6.45) is 3.58. The molecule has 19 heavy (non-hydrogen) atoms. The van der Waals surface area contributed by atoms with Gasteiger partial charge in [-0.25, -0.2) is 0 Å². The molecule has 2 atom stereocenters. The zero-order valence-corrected chi connectivity index (χ0v) is 11.3. The molecule has 104 valence electrons. The maximum atomic E-state index is 11.0. The lowest BCUT2D eigenvalue weighted by Crippen LogP contribution is -2.13. The number of aromatic nitrogens is 1. The van der Waals surface area contributed by atoms with Gasteiger partial charge < -0.3 is 10.1 Å². The number of nitrogens with one attached hydrogen (secondary N) is 1. The molecule has 0 bridgehead atoms. The van der Waals surface area contributed by atoms with Gasteiger partial charge in [-0.05, 0) is 24.7 Å². The highest BCUT2D eigenvalue weighted by atomic mass is 16.6. The maximum absolute atomic E-state index is 11.0. The smallest absolute Gasteiger partial charge is 0.311 e. The fourth-order valence-electron chi connectivity index (χ4n) is 2.58. The van der Waals surface area contributed by atoms with Crippen LogP contribution in [0.2, 0.25) is 0 Å². The molecular weight excluding hydrogens is 246 g/mol. The van der Waals surface area contributed by atoms with Gasteiger partial charge in [-0.1, -0.05) is 13.3 Å². The highest BCUT2D eigenvalue weighted by Crippen LogP contribution is 2.31. The first-order valence-corrected chi connectivity index (χ1v) is 6.53. The molecule has 6 nitrogen and oxygen atoms in total. The molecule has 1 saturated carbocycles. The molecule has 1 fully saturated rings. The van der Waals surface area contributed by atoms with E-state index in [0.717, 1.165) is 12.5 Å². The summed E-state index contributed by atoms with van der Waals surface area (Å²) in [7, 11) is 1.50. The average Bonchev–Trinajstić information content (AvgIpc) is 2.81. The molecule has 1 aromatic rings. The van der Waals surface area contributed by atoms with Crippen molar-refractivity contribution in [3.05, 3.63) is 22.2 Å². The van der Waals surface area contributed by atoms with E-state index >= 15 is 0 Å². The van der Waals surface area contributed by atoms with E-state index in [2.05, 4.69) is 17.2 Å². The molecule has 1 heterocycles. The Labute approximate surface area is 112 Å². The van der Waals surface area contributed by atoms with E-state index in [0.29, 0.717) is 17.6 Å². The van der Waals surface area contributed by atoms with Crippen LogP contribution in [0.5, 0.6) is 5.88 Å². The quantitative estimate of drug-likeness (QED) is 0.654. The second-order valence-electron chi connectivity index (χ2n) is 5.14. The minimum Gasteiger partial charge on any atom is -0.481 e. The second kappa shape index (κ2) is 5.86. The van der Waals surface area contributed by atoms with Crippen LogP contribution in [-0.4, -0.2) is 23.6 Å². The number of methoxy groups -OCH3 is 1. The van der Waals surface area contributed by atoms with Crippen LogP contribution in [0.1, 0.15) is 26.2 Å². The largest absolute Gasteiger partial charge is 0.481 e. The minimum atomic E-state index is -0.425. The van der Waals surface area contributed by atoms with Gasteiger partial charge in [0, 0.05) is 18.7 Å². The van der Waals surface area contributed by atoms with Crippen molar-refractivity contribution in [2.24, 2.45) is 11.8 Å². The molecule has 0 aliphatic heterocycles. The molecule has 1 aliphatic rings. The molecule has 1 N–H and O–H groups in total. The van der Waals surface area contributed by atoms with Crippen molar-refractivity contribution < 1.29 is 9.66 Å². The van der Waals surface area contributed by atoms with Gasteiger partial charge in [0.2, 0.25) is 11.7 Å². The highest BCUT2D eigenvalue weighted by molar-refractivity contribution is 5.57. The number of rotatable bonds is 5.